The van der Waals surface area contributed by atoms with E-state index >= 15 is 0 Å². The van der Waals surface area contributed by atoms with Crippen LogP contribution in [0.5, 0.6) is 0 Å². The quantitative estimate of drug-likeness (QED) is 0.726. The molecule has 1 N–H and O–H groups in total. The van der Waals surface area contributed by atoms with Crippen LogP contribution in [-0.2, 0) is 5.41 Å². The van der Waals surface area contributed by atoms with Crippen molar-refractivity contribution in [1.82, 2.24) is 9.97 Å². The summed E-state index contributed by atoms with van der Waals surface area (Å²) in [7, 11) is 1.89. The van der Waals surface area contributed by atoms with Gasteiger partial charge >= 0.3 is 0 Å². The lowest BCUT2D eigenvalue weighted by molar-refractivity contribution is 0.102. The molecule has 0 aliphatic rings. The minimum absolute atomic E-state index is 0.0668. The van der Waals surface area contributed by atoms with Gasteiger partial charge in [-0.1, -0.05) is 57.2 Å². The number of benzene rings is 2. The topological polar surface area (TPSA) is 58.1 Å². The van der Waals surface area contributed by atoms with Crippen molar-refractivity contribution in [2.24, 2.45) is 0 Å². The predicted molar refractivity (Wildman–Crippen MR) is 110 cm³/mol. The van der Waals surface area contributed by atoms with Crippen LogP contribution in [-0.4, -0.2) is 22.9 Å². The fourth-order valence-electron chi connectivity index (χ4n) is 2.82. The molecule has 5 nitrogen and oxygen atoms in total. The summed E-state index contributed by atoms with van der Waals surface area (Å²) in [5, 5.41) is 2.98. The smallest absolute Gasteiger partial charge is 0.258 e. The number of nitrogens with zero attached hydrogens (tertiary/aromatic N) is 3. The Labute approximate surface area is 160 Å². The minimum atomic E-state index is -0.222. The number of aromatic nitrogens is 2. The summed E-state index contributed by atoms with van der Waals surface area (Å²) in [6.07, 6.45) is 3.10. The Morgan fingerprint density at radius 3 is 2.15 bits per heavy atom. The van der Waals surface area contributed by atoms with Gasteiger partial charge in [-0.3, -0.25) is 4.79 Å². The van der Waals surface area contributed by atoms with Gasteiger partial charge in [0.2, 0.25) is 5.95 Å². The Hall–Kier alpha value is -3.21. The second-order valence-corrected chi connectivity index (χ2v) is 7.42. The number of para-hydroxylation sites is 2. The average Bonchev–Trinajstić information content (AvgIpc) is 2.68. The molecule has 27 heavy (non-hydrogen) atoms. The lowest BCUT2D eigenvalue weighted by Gasteiger charge is -2.23. The zero-order valence-corrected chi connectivity index (χ0v) is 16.1. The summed E-state index contributed by atoms with van der Waals surface area (Å²) >= 11 is 0. The van der Waals surface area contributed by atoms with Crippen molar-refractivity contribution >= 4 is 23.2 Å². The maximum atomic E-state index is 12.6. The summed E-state index contributed by atoms with van der Waals surface area (Å²) in [4.78, 5) is 23.2. The summed E-state index contributed by atoms with van der Waals surface area (Å²) in [5.74, 6) is 0.313. The van der Waals surface area contributed by atoms with Gasteiger partial charge < -0.3 is 10.2 Å². The highest BCUT2D eigenvalue weighted by atomic mass is 16.1. The van der Waals surface area contributed by atoms with E-state index in [1.54, 1.807) is 12.4 Å². The van der Waals surface area contributed by atoms with E-state index in [1.807, 2.05) is 66.5 Å². The third-order valence-corrected chi connectivity index (χ3v) is 4.33. The minimum Gasteiger partial charge on any atom is -0.322 e. The monoisotopic (exact) mass is 360 g/mol. The summed E-state index contributed by atoms with van der Waals surface area (Å²) in [6.45, 7) is 6.36. The van der Waals surface area contributed by atoms with Crippen molar-refractivity contribution in [3.05, 3.63) is 78.1 Å². The molecule has 0 saturated heterocycles. The molecule has 0 saturated carbocycles. The molecule has 0 bridgehead atoms. The zero-order valence-electron chi connectivity index (χ0n) is 16.1. The molecule has 0 fully saturated rings. The maximum absolute atomic E-state index is 12.6. The number of amides is 1. The van der Waals surface area contributed by atoms with Gasteiger partial charge in [-0.15, -0.1) is 0 Å². The molecule has 2 aromatic carbocycles. The van der Waals surface area contributed by atoms with E-state index in [4.69, 9.17) is 0 Å². The Balaban J connectivity index is 1.77. The van der Waals surface area contributed by atoms with Crippen LogP contribution in [0.25, 0.3) is 0 Å². The molecule has 1 amide bonds. The molecule has 0 spiro atoms. The molecule has 138 valence electrons. The summed E-state index contributed by atoms with van der Waals surface area (Å²) in [5.41, 5.74) is 3.22. The summed E-state index contributed by atoms with van der Waals surface area (Å²) < 4.78 is 0. The highest BCUT2D eigenvalue weighted by Crippen LogP contribution is 2.29. The van der Waals surface area contributed by atoms with Crippen molar-refractivity contribution < 1.29 is 4.79 Å². The second kappa shape index (κ2) is 7.58. The van der Waals surface area contributed by atoms with Crippen LogP contribution < -0.4 is 10.2 Å². The Bertz CT molecular complexity index is 915. The van der Waals surface area contributed by atoms with Crippen LogP contribution in [0, 0.1) is 0 Å². The van der Waals surface area contributed by atoms with E-state index in [9.17, 15) is 4.79 Å². The summed E-state index contributed by atoms with van der Waals surface area (Å²) in [6, 6.07) is 17.7. The zero-order chi connectivity index (χ0) is 19.4. The number of anilines is 3. The van der Waals surface area contributed by atoms with E-state index < -0.39 is 0 Å². The Morgan fingerprint density at radius 2 is 1.52 bits per heavy atom. The van der Waals surface area contributed by atoms with E-state index in [0.717, 1.165) is 16.9 Å². The van der Waals surface area contributed by atoms with Crippen molar-refractivity contribution in [2.75, 3.05) is 17.3 Å². The molecule has 3 rings (SSSR count). The van der Waals surface area contributed by atoms with Crippen molar-refractivity contribution in [3.63, 3.8) is 0 Å². The van der Waals surface area contributed by atoms with E-state index in [0.29, 0.717) is 11.5 Å². The number of rotatable bonds is 4. The van der Waals surface area contributed by atoms with Crippen LogP contribution in [0.3, 0.4) is 0 Å². The molecule has 5 heteroatoms. The number of carbonyl (C=O) groups excluding carboxylic acids is 1. The largest absolute Gasteiger partial charge is 0.322 e. The van der Waals surface area contributed by atoms with Gasteiger partial charge in [0.05, 0.1) is 5.56 Å². The van der Waals surface area contributed by atoms with Gasteiger partial charge in [-0.2, -0.15) is 0 Å². The number of carbonyl (C=O) groups is 1. The molecule has 0 atom stereocenters. The van der Waals surface area contributed by atoms with Gasteiger partial charge in [-0.05, 0) is 29.2 Å². The van der Waals surface area contributed by atoms with Crippen molar-refractivity contribution in [2.45, 2.75) is 26.2 Å². The third kappa shape index (κ3) is 4.31. The van der Waals surface area contributed by atoms with Gasteiger partial charge in [0.1, 0.15) is 0 Å². The fourth-order valence-corrected chi connectivity index (χ4v) is 2.82. The SMILES string of the molecule is CN(c1ccccc1)c1ncc(C(=O)Nc2ccccc2C(C)(C)C)cn1. The molecule has 0 radical (unpaired) electrons. The molecule has 0 aliphatic carbocycles. The molecular formula is C22H24N4O. The third-order valence-electron chi connectivity index (χ3n) is 4.33. The van der Waals surface area contributed by atoms with E-state index in [2.05, 4.69) is 36.1 Å². The first-order valence-corrected chi connectivity index (χ1v) is 8.88. The van der Waals surface area contributed by atoms with Gasteiger partial charge in [0.25, 0.3) is 5.91 Å². The van der Waals surface area contributed by atoms with Crippen LogP contribution >= 0.6 is 0 Å². The standard InChI is InChI=1S/C22H24N4O/c1-22(2,3)18-12-8-9-13-19(18)25-20(27)16-14-23-21(24-15-16)26(4)17-10-6-5-7-11-17/h5-15H,1-4H3,(H,25,27). The normalized spacial score (nSPS) is 11.1. The lowest BCUT2D eigenvalue weighted by atomic mass is 9.86. The molecular weight excluding hydrogens is 336 g/mol. The highest BCUT2D eigenvalue weighted by molar-refractivity contribution is 6.04. The highest BCUT2D eigenvalue weighted by Gasteiger charge is 2.19. The van der Waals surface area contributed by atoms with E-state index in [1.165, 1.54) is 0 Å². The average molecular weight is 360 g/mol. The fraction of sp³-hybridized carbons (Fsp3) is 0.227. The van der Waals surface area contributed by atoms with Crippen molar-refractivity contribution in [3.8, 4) is 0 Å². The first kappa shape index (κ1) is 18.6. The van der Waals surface area contributed by atoms with Crippen molar-refractivity contribution in [1.29, 1.82) is 0 Å². The lowest BCUT2D eigenvalue weighted by Crippen LogP contribution is -2.19. The number of hydrogen-bond donors (Lipinski definition) is 1. The first-order chi connectivity index (χ1) is 12.9. The Kier molecular flexibility index (Phi) is 5.21. The molecule has 1 aromatic heterocycles. The molecule has 0 aliphatic heterocycles. The number of nitrogens with one attached hydrogen (secondary N) is 1. The van der Waals surface area contributed by atoms with Crippen LogP contribution in [0.4, 0.5) is 17.3 Å². The Morgan fingerprint density at radius 1 is 0.926 bits per heavy atom. The van der Waals surface area contributed by atoms with Crippen LogP contribution in [0.1, 0.15) is 36.7 Å². The van der Waals surface area contributed by atoms with Gasteiger partial charge in [0.15, 0.2) is 0 Å². The van der Waals surface area contributed by atoms with Gasteiger partial charge in [-0.25, -0.2) is 9.97 Å². The van der Waals surface area contributed by atoms with Crippen LogP contribution in [0.15, 0.2) is 67.0 Å². The number of hydrogen-bond acceptors (Lipinski definition) is 4. The van der Waals surface area contributed by atoms with Crippen LogP contribution in [0.2, 0.25) is 0 Å². The first-order valence-electron chi connectivity index (χ1n) is 8.88. The molecule has 3 aromatic rings. The molecule has 1 heterocycles. The van der Waals surface area contributed by atoms with E-state index in [-0.39, 0.29) is 11.3 Å². The molecule has 0 unspecified atom stereocenters. The maximum Gasteiger partial charge on any atom is 0.258 e. The van der Waals surface area contributed by atoms with Gasteiger partial charge in [0, 0.05) is 30.8 Å². The predicted octanol–water partition coefficient (Wildman–Crippen LogP) is 4.79. The second-order valence-electron chi connectivity index (χ2n) is 7.42.